The van der Waals surface area contributed by atoms with Crippen molar-refractivity contribution in [3.8, 4) is 0 Å². The molecular formula is C7H12N4O2. The van der Waals surface area contributed by atoms with E-state index in [1.807, 2.05) is 6.92 Å². The normalized spacial score (nSPS) is 10.2. The molecule has 0 saturated carbocycles. The molecule has 72 valence electrons. The summed E-state index contributed by atoms with van der Waals surface area (Å²) < 4.78 is 5.16. The summed E-state index contributed by atoms with van der Waals surface area (Å²) >= 11 is 0. The second kappa shape index (κ2) is 4.56. The highest BCUT2D eigenvalue weighted by atomic mass is 16.5. The number of anilines is 1. The first-order valence-corrected chi connectivity index (χ1v) is 4.03. The lowest BCUT2D eigenvalue weighted by Gasteiger charge is -2.01. The molecular weight excluding hydrogens is 172 g/mol. The van der Waals surface area contributed by atoms with Gasteiger partial charge in [0, 0.05) is 6.61 Å². The molecule has 1 heterocycles. The Morgan fingerprint density at radius 1 is 1.54 bits per heavy atom. The lowest BCUT2D eigenvalue weighted by atomic mass is 10.5. The van der Waals surface area contributed by atoms with Gasteiger partial charge in [-0.3, -0.25) is 4.98 Å². The van der Waals surface area contributed by atoms with Gasteiger partial charge in [0.2, 0.25) is 5.95 Å². The molecule has 0 saturated heterocycles. The summed E-state index contributed by atoms with van der Waals surface area (Å²) in [7, 11) is 0. The number of ether oxygens (including phenoxy) is 1. The Balaban J connectivity index is 2.61. The predicted octanol–water partition coefficient (Wildman–Crippen LogP) is -0.326. The Kier molecular flexibility index (Phi) is 3.39. The van der Waals surface area contributed by atoms with Gasteiger partial charge in [-0.05, 0) is 6.42 Å². The minimum absolute atomic E-state index is 0.0288. The summed E-state index contributed by atoms with van der Waals surface area (Å²) in [6.07, 6.45) is 0.921. The predicted molar refractivity (Wildman–Crippen MR) is 47.0 cm³/mol. The molecule has 0 spiro atoms. The van der Waals surface area contributed by atoms with E-state index in [1.54, 1.807) is 0 Å². The molecule has 0 unspecified atom stereocenters. The number of nitrogen functional groups attached to an aromatic ring is 1. The van der Waals surface area contributed by atoms with Crippen molar-refractivity contribution >= 4 is 5.95 Å². The van der Waals surface area contributed by atoms with Crippen LogP contribution in [0.5, 0.6) is 0 Å². The van der Waals surface area contributed by atoms with E-state index < -0.39 is 5.69 Å². The first-order valence-electron chi connectivity index (χ1n) is 4.03. The molecule has 1 aromatic rings. The van der Waals surface area contributed by atoms with Crippen LogP contribution < -0.4 is 11.4 Å². The average molecular weight is 184 g/mol. The van der Waals surface area contributed by atoms with Gasteiger partial charge in [-0.1, -0.05) is 6.92 Å². The van der Waals surface area contributed by atoms with Gasteiger partial charge >= 0.3 is 5.69 Å². The zero-order valence-corrected chi connectivity index (χ0v) is 7.41. The molecule has 13 heavy (non-hydrogen) atoms. The first kappa shape index (κ1) is 9.66. The number of nitrogens with two attached hydrogens (primary N) is 1. The fourth-order valence-corrected chi connectivity index (χ4v) is 0.828. The van der Waals surface area contributed by atoms with Gasteiger partial charge < -0.3 is 10.5 Å². The van der Waals surface area contributed by atoms with Crippen LogP contribution in [-0.4, -0.2) is 21.6 Å². The van der Waals surface area contributed by atoms with Crippen molar-refractivity contribution in [1.82, 2.24) is 15.0 Å². The quantitative estimate of drug-likeness (QED) is 0.625. The van der Waals surface area contributed by atoms with Crippen molar-refractivity contribution < 1.29 is 4.74 Å². The van der Waals surface area contributed by atoms with E-state index >= 15 is 0 Å². The Morgan fingerprint density at radius 3 is 2.92 bits per heavy atom. The molecule has 3 N–H and O–H groups in total. The zero-order chi connectivity index (χ0) is 9.68. The number of hydrogen-bond acceptors (Lipinski definition) is 5. The summed E-state index contributed by atoms with van der Waals surface area (Å²) in [5.41, 5.74) is 4.77. The highest BCUT2D eigenvalue weighted by Crippen LogP contribution is 1.92. The van der Waals surface area contributed by atoms with Crippen molar-refractivity contribution in [2.75, 3.05) is 12.3 Å². The summed E-state index contributed by atoms with van der Waals surface area (Å²) in [6, 6.07) is 0. The van der Waals surface area contributed by atoms with E-state index in [0.717, 1.165) is 6.42 Å². The van der Waals surface area contributed by atoms with E-state index in [-0.39, 0.29) is 12.6 Å². The molecule has 0 aliphatic rings. The van der Waals surface area contributed by atoms with Crippen LogP contribution in [0.3, 0.4) is 0 Å². The van der Waals surface area contributed by atoms with Crippen molar-refractivity contribution in [3.63, 3.8) is 0 Å². The molecule has 0 bridgehead atoms. The molecule has 0 radical (unpaired) electrons. The number of aromatic amines is 1. The highest BCUT2D eigenvalue weighted by molar-refractivity contribution is 5.12. The highest BCUT2D eigenvalue weighted by Gasteiger charge is 1.98. The SMILES string of the molecule is CCCOCc1nc(N)nc(=O)[nH]1. The van der Waals surface area contributed by atoms with Crippen molar-refractivity contribution in [1.29, 1.82) is 0 Å². The van der Waals surface area contributed by atoms with Crippen LogP contribution in [0.1, 0.15) is 19.2 Å². The molecule has 6 nitrogen and oxygen atoms in total. The standard InChI is InChI=1S/C7H12N4O2/c1-2-3-13-4-5-9-6(8)11-7(12)10-5/h2-4H2,1H3,(H3,8,9,10,11,12). The second-order valence-electron chi connectivity index (χ2n) is 2.51. The van der Waals surface area contributed by atoms with Crippen LogP contribution in [0.4, 0.5) is 5.95 Å². The minimum atomic E-state index is -0.498. The largest absolute Gasteiger partial charge is 0.374 e. The van der Waals surface area contributed by atoms with Gasteiger partial charge in [-0.25, -0.2) is 4.79 Å². The van der Waals surface area contributed by atoms with Crippen molar-refractivity contribution in [2.24, 2.45) is 0 Å². The smallest absolute Gasteiger partial charge is 0.349 e. The fourth-order valence-electron chi connectivity index (χ4n) is 0.828. The third-order valence-corrected chi connectivity index (χ3v) is 1.30. The van der Waals surface area contributed by atoms with Gasteiger partial charge in [-0.15, -0.1) is 0 Å². The van der Waals surface area contributed by atoms with E-state index in [4.69, 9.17) is 10.5 Å². The Labute approximate surface area is 75.2 Å². The molecule has 0 aromatic carbocycles. The number of rotatable bonds is 4. The lowest BCUT2D eigenvalue weighted by molar-refractivity contribution is 0.116. The van der Waals surface area contributed by atoms with Crippen molar-refractivity contribution in [2.45, 2.75) is 20.0 Å². The van der Waals surface area contributed by atoms with Gasteiger partial charge in [0.15, 0.2) is 0 Å². The van der Waals surface area contributed by atoms with E-state index in [9.17, 15) is 4.79 Å². The first-order chi connectivity index (χ1) is 6.22. The third-order valence-electron chi connectivity index (χ3n) is 1.30. The molecule has 1 rings (SSSR count). The van der Waals surface area contributed by atoms with Gasteiger partial charge in [0.05, 0.1) is 0 Å². The number of nitrogens with one attached hydrogen (secondary N) is 1. The number of H-pyrrole nitrogens is 1. The molecule has 1 aromatic heterocycles. The number of aromatic nitrogens is 3. The number of nitrogens with zero attached hydrogens (tertiary/aromatic N) is 2. The van der Waals surface area contributed by atoms with Crippen LogP contribution in [0.15, 0.2) is 4.79 Å². The van der Waals surface area contributed by atoms with Gasteiger partial charge in [0.25, 0.3) is 0 Å². The molecule has 0 atom stereocenters. The topological polar surface area (TPSA) is 93.9 Å². The summed E-state index contributed by atoms with van der Waals surface area (Å²) in [5, 5.41) is 0. The molecule has 0 aliphatic carbocycles. The molecule has 0 aliphatic heterocycles. The van der Waals surface area contributed by atoms with E-state index in [1.165, 1.54) is 0 Å². The Hall–Kier alpha value is -1.43. The summed E-state index contributed by atoms with van der Waals surface area (Å²) in [4.78, 5) is 20.4. The van der Waals surface area contributed by atoms with Gasteiger partial charge in [0.1, 0.15) is 12.4 Å². The van der Waals surface area contributed by atoms with Crippen molar-refractivity contribution in [3.05, 3.63) is 16.3 Å². The summed E-state index contributed by atoms with van der Waals surface area (Å²) in [6.45, 7) is 2.89. The molecule has 6 heteroatoms. The zero-order valence-electron chi connectivity index (χ0n) is 7.41. The monoisotopic (exact) mass is 184 g/mol. The van der Waals surface area contributed by atoms with E-state index in [0.29, 0.717) is 12.4 Å². The average Bonchev–Trinajstić information content (AvgIpc) is 2.03. The lowest BCUT2D eigenvalue weighted by Crippen LogP contribution is -2.18. The third kappa shape index (κ3) is 3.20. The van der Waals surface area contributed by atoms with Crippen LogP contribution in [0.2, 0.25) is 0 Å². The molecule has 0 amide bonds. The minimum Gasteiger partial charge on any atom is -0.374 e. The van der Waals surface area contributed by atoms with Crippen LogP contribution in [0, 0.1) is 0 Å². The maximum atomic E-state index is 10.8. The maximum Gasteiger partial charge on any atom is 0.349 e. The Bertz CT molecular complexity index is 323. The van der Waals surface area contributed by atoms with Crippen LogP contribution in [-0.2, 0) is 11.3 Å². The number of hydrogen-bond donors (Lipinski definition) is 2. The molecule has 0 fully saturated rings. The fraction of sp³-hybridized carbons (Fsp3) is 0.571. The maximum absolute atomic E-state index is 10.8. The Morgan fingerprint density at radius 2 is 2.31 bits per heavy atom. The van der Waals surface area contributed by atoms with Crippen LogP contribution >= 0.6 is 0 Å². The van der Waals surface area contributed by atoms with E-state index in [2.05, 4.69) is 15.0 Å². The summed E-state index contributed by atoms with van der Waals surface area (Å²) in [5.74, 6) is 0.379. The second-order valence-corrected chi connectivity index (χ2v) is 2.51. The van der Waals surface area contributed by atoms with Gasteiger partial charge in [-0.2, -0.15) is 9.97 Å². The van der Waals surface area contributed by atoms with Crippen LogP contribution in [0.25, 0.3) is 0 Å².